The van der Waals surface area contributed by atoms with E-state index in [9.17, 15) is 4.39 Å². The molecule has 1 aliphatic rings. The summed E-state index contributed by atoms with van der Waals surface area (Å²) in [5.74, 6) is 1.61. The SMILES string of the molecule is Cc1nnc2nc(N3CCCc4c(Br)cncc43)c3cc(F)ccc3n12. The summed E-state index contributed by atoms with van der Waals surface area (Å²) in [6.45, 7) is 2.65. The van der Waals surface area contributed by atoms with Crippen LogP contribution in [0.4, 0.5) is 15.9 Å². The first-order chi connectivity index (χ1) is 12.6. The van der Waals surface area contributed by atoms with Gasteiger partial charge in [-0.2, -0.15) is 4.98 Å². The van der Waals surface area contributed by atoms with Crippen LogP contribution in [-0.2, 0) is 6.42 Å². The summed E-state index contributed by atoms with van der Waals surface area (Å²) in [5, 5.41) is 9.04. The Bertz CT molecular complexity index is 1170. The number of benzene rings is 1. The Labute approximate surface area is 156 Å². The molecule has 0 atom stereocenters. The third kappa shape index (κ3) is 2.21. The van der Waals surface area contributed by atoms with Crippen LogP contribution < -0.4 is 4.90 Å². The molecular weight excluding hydrogens is 399 g/mol. The number of halogens is 2. The molecule has 130 valence electrons. The van der Waals surface area contributed by atoms with Crippen molar-refractivity contribution in [3.05, 3.63) is 52.3 Å². The van der Waals surface area contributed by atoms with Crippen molar-refractivity contribution in [3.8, 4) is 0 Å². The highest BCUT2D eigenvalue weighted by Crippen LogP contribution is 2.38. The molecule has 0 saturated heterocycles. The normalized spacial score (nSPS) is 14.2. The number of hydrogen-bond acceptors (Lipinski definition) is 5. The van der Waals surface area contributed by atoms with Crippen LogP contribution in [0, 0.1) is 12.7 Å². The highest BCUT2D eigenvalue weighted by molar-refractivity contribution is 9.10. The van der Waals surface area contributed by atoms with Gasteiger partial charge in [-0.15, -0.1) is 10.2 Å². The maximum absolute atomic E-state index is 14.1. The fraction of sp³-hybridized carbons (Fsp3) is 0.222. The minimum Gasteiger partial charge on any atom is -0.324 e. The fourth-order valence-electron chi connectivity index (χ4n) is 3.63. The average molecular weight is 413 g/mol. The van der Waals surface area contributed by atoms with Gasteiger partial charge in [0, 0.05) is 22.6 Å². The molecule has 6 nitrogen and oxygen atoms in total. The molecule has 0 radical (unpaired) electrons. The molecule has 5 rings (SSSR count). The first-order valence-corrected chi connectivity index (χ1v) is 9.13. The van der Waals surface area contributed by atoms with E-state index in [-0.39, 0.29) is 5.82 Å². The van der Waals surface area contributed by atoms with E-state index in [4.69, 9.17) is 4.98 Å². The number of aryl methyl sites for hydroxylation is 1. The van der Waals surface area contributed by atoms with E-state index >= 15 is 0 Å². The number of pyridine rings is 1. The zero-order valence-electron chi connectivity index (χ0n) is 13.9. The van der Waals surface area contributed by atoms with Crippen LogP contribution in [0.25, 0.3) is 16.7 Å². The van der Waals surface area contributed by atoms with Gasteiger partial charge < -0.3 is 4.90 Å². The fourth-order valence-corrected chi connectivity index (χ4v) is 4.15. The highest BCUT2D eigenvalue weighted by Gasteiger charge is 2.25. The number of anilines is 2. The molecule has 0 spiro atoms. The molecule has 26 heavy (non-hydrogen) atoms. The molecule has 1 aliphatic heterocycles. The lowest BCUT2D eigenvalue weighted by Gasteiger charge is -2.31. The predicted molar refractivity (Wildman–Crippen MR) is 100 cm³/mol. The average Bonchev–Trinajstić information content (AvgIpc) is 3.02. The van der Waals surface area contributed by atoms with Gasteiger partial charge in [-0.25, -0.2) is 4.39 Å². The highest BCUT2D eigenvalue weighted by atomic mass is 79.9. The zero-order chi connectivity index (χ0) is 17.8. The Balaban J connectivity index is 1.85. The minimum atomic E-state index is -0.296. The van der Waals surface area contributed by atoms with Gasteiger partial charge in [0.1, 0.15) is 17.5 Å². The van der Waals surface area contributed by atoms with Gasteiger partial charge in [-0.1, -0.05) is 0 Å². The summed E-state index contributed by atoms with van der Waals surface area (Å²) >= 11 is 3.59. The van der Waals surface area contributed by atoms with Crippen LogP contribution in [0.1, 0.15) is 17.8 Å². The van der Waals surface area contributed by atoms with Gasteiger partial charge in [-0.05, 0) is 59.5 Å². The summed E-state index contributed by atoms with van der Waals surface area (Å²) in [6, 6.07) is 4.73. The minimum absolute atomic E-state index is 0.296. The van der Waals surface area contributed by atoms with Gasteiger partial charge in [-0.3, -0.25) is 9.38 Å². The summed E-state index contributed by atoms with van der Waals surface area (Å²) in [5.41, 5.74) is 3.02. The molecule has 3 aromatic heterocycles. The maximum atomic E-state index is 14.1. The van der Waals surface area contributed by atoms with Gasteiger partial charge >= 0.3 is 0 Å². The second kappa shape index (κ2) is 5.70. The Morgan fingerprint density at radius 2 is 2.08 bits per heavy atom. The lowest BCUT2D eigenvalue weighted by Crippen LogP contribution is -2.26. The van der Waals surface area contributed by atoms with Gasteiger partial charge in [0.25, 0.3) is 5.78 Å². The van der Waals surface area contributed by atoms with Gasteiger partial charge in [0.05, 0.1) is 17.4 Å². The quantitative estimate of drug-likeness (QED) is 0.473. The number of hydrogen-bond donors (Lipinski definition) is 0. The molecule has 0 aliphatic carbocycles. The van der Waals surface area contributed by atoms with Crippen LogP contribution >= 0.6 is 15.9 Å². The van der Waals surface area contributed by atoms with Gasteiger partial charge in [0.2, 0.25) is 0 Å². The first kappa shape index (κ1) is 15.6. The smallest absolute Gasteiger partial charge is 0.257 e. The van der Waals surface area contributed by atoms with E-state index in [1.807, 2.05) is 17.5 Å². The Morgan fingerprint density at radius 1 is 1.19 bits per heavy atom. The molecule has 0 fully saturated rings. The number of aromatic nitrogens is 5. The molecule has 1 aromatic carbocycles. The topological polar surface area (TPSA) is 59.2 Å². The number of rotatable bonds is 1. The largest absolute Gasteiger partial charge is 0.324 e. The molecular formula is C18H14BrFN6. The molecule has 0 unspecified atom stereocenters. The monoisotopic (exact) mass is 412 g/mol. The number of fused-ring (bicyclic) bond motifs is 4. The standard InChI is InChI=1S/C18H14BrFN6/c1-10-23-24-18-22-17(13-7-11(20)4-5-15(13)26(10)18)25-6-2-3-12-14(19)8-21-9-16(12)25/h4-5,7-9H,2-3,6H2,1H3. The Morgan fingerprint density at radius 3 is 2.96 bits per heavy atom. The van der Waals surface area contributed by atoms with Crippen molar-refractivity contribution in [3.63, 3.8) is 0 Å². The van der Waals surface area contributed by atoms with E-state index in [2.05, 4.69) is 36.0 Å². The lowest BCUT2D eigenvalue weighted by atomic mass is 10.0. The van der Waals surface area contributed by atoms with Crippen molar-refractivity contribution in [2.24, 2.45) is 0 Å². The van der Waals surface area contributed by atoms with E-state index in [1.54, 1.807) is 12.3 Å². The second-order valence-electron chi connectivity index (χ2n) is 6.35. The molecule has 4 aromatic rings. The van der Waals surface area contributed by atoms with Crippen LogP contribution in [0.2, 0.25) is 0 Å². The second-order valence-corrected chi connectivity index (χ2v) is 7.21. The van der Waals surface area contributed by atoms with Crippen LogP contribution in [0.3, 0.4) is 0 Å². The maximum Gasteiger partial charge on any atom is 0.257 e. The summed E-state index contributed by atoms with van der Waals surface area (Å²) in [7, 11) is 0. The summed E-state index contributed by atoms with van der Waals surface area (Å²) < 4.78 is 16.9. The Hall–Kier alpha value is -2.61. The Kier molecular flexibility index (Phi) is 3.43. The van der Waals surface area contributed by atoms with Crippen molar-refractivity contribution in [1.29, 1.82) is 0 Å². The summed E-state index contributed by atoms with van der Waals surface area (Å²) in [6.07, 6.45) is 5.59. The molecule has 0 saturated carbocycles. The lowest BCUT2D eigenvalue weighted by molar-refractivity contribution is 0.629. The van der Waals surface area contributed by atoms with E-state index in [0.29, 0.717) is 11.6 Å². The van der Waals surface area contributed by atoms with Crippen molar-refractivity contribution in [2.75, 3.05) is 11.4 Å². The molecule has 8 heteroatoms. The van der Waals surface area contributed by atoms with E-state index < -0.39 is 0 Å². The molecule has 4 heterocycles. The van der Waals surface area contributed by atoms with Crippen LogP contribution in [0.5, 0.6) is 0 Å². The van der Waals surface area contributed by atoms with Crippen molar-refractivity contribution < 1.29 is 4.39 Å². The van der Waals surface area contributed by atoms with E-state index in [1.165, 1.54) is 17.7 Å². The zero-order valence-corrected chi connectivity index (χ0v) is 15.5. The molecule has 0 N–H and O–H groups in total. The van der Waals surface area contributed by atoms with E-state index in [0.717, 1.165) is 46.3 Å². The number of nitrogens with zero attached hydrogens (tertiary/aromatic N) is 6. The van der Waals surface area contributed by atoms with Crippen LogP contribution in [0.15, 0.2) is 35.1 Å². The van der Waals surface area contributed by atoms with Gasteiger partial charge in [0.15, 0.2) is 0 Å². The van der Waals surface area contributed by atoms with Crippen molar-refractivity contribution in [1.82, 2.24) is 24.6 Å². The van der Waals surface area contributed by atoms with Crippen molar-refractivity contribution >= 4 is 44.1 Å². The third-order valence-corrected chi connectivity index (χ3v) is 5.47. The predicted octanol–water partition coefficient (Wildman–Crippen LogP) is 3.97. The van der Waals surface area contributed by atoms with Crippen LogP contribution in [-0.4, -0.2) is 31.1 Å². The summed E-state index contributed by atoms with van der Waals surface area (Å²) in [4.78, 5) is 11.1. The first-order valence-electron chi connectivity index (χ1n) is 8.34. The molecule has 0 bridgehead atoms. The molecule has 0 amide bonds. The van der Waals surface area contributed by atoms with Crippen molar-refractivity contribution in [2.45, 2.75) is 19.8 Å². The third-order valence-electron chi connectivity index (χ3n) is 4.79.